The van der Waals surface area contributed by atoms with Crippen molar-refractivity contribution in [3.05, 3.63) is 64.7 Å². The number of nitrogens with one attached hydrogen (secondary N) is 3. The van der Waals surface area contributed by atoms with Crippen LogP contribution in [0, 0.1) is 13.8 Å². The highest BCUT2D eigenvalue weighted by Gasteiger charge is 2.28. The van der Waals surface area contributed by atoms with Gasteiger partial charge in [0, 0.05) is 25.9 Å². The van der Waals surface area contributed by atoms with Gasteiger partial charge < -0.3 is 44.0 Å². The summed E-state index contributed by atoms with van der Waals surface area (Å²) in [6, 6.07) is 9.23. The minimum Gasteiger partial charge on any atom is -0.508 e. The Kier molecular flexibility index (Phi) is 13.2. The van der Waals surface area contributed by atoms with E-state index >= 15 is 0 Å². The second-order valence-electron chi connectivity index (χ2n) is 10.1. The molecule has 42 heavy (non-hydrogen) atoms. The summed E-state index contributed by atoms with van der Waals surface area (Å²) in [7, 11) is 0. The number of amides is 4. The van der Waals surface area contributed by atoms with Crippen molar-refractivity contribution in [2.75, 3.05) is 13.1 Å². The highest BCUT2D eigenvalue weighted by molar-refractivity contribution is 5.93. The zero-order valence-electron chi connectivity index (χ0n) is 24.1. The van der Waals surface area contributed by atoms with Crippen molar-refractivity contribution in [2.24, 2.45) is 27.9 Å². The topological polar surface area (TPSA) is 241 Å². The molecule has 0 radical (unpaired) electrons. The number of carbonyl (C=O) groups excluding carboxylic acids is 4. The summed E-state index contributed by atoms with van der Waals surface area (Å²) in [5.41, 5.74) is 25.4. The van der Waals surface area contributed by atoms with Crippen LogP contribution in [0.2, 0.25) is 0 Å². The summed E-state index contributed by atoms with van der Waals surface area (Å²) in [5.74, 6) is -2.21. The van der Waals surface area contributed by atoms with Crippen LogP contribution in [0.25, 0.3) is 0 Å². The van der Waals surface area contributed by atoms with E-state index in [9.17, 15) is 24.3 Å². The molecule has 0 fully saturated rings. The first-order chi connectivity index (χ1) is 19.9. The molecular weight excluding hydrogens is 540 g/mol. The Morgan fingerprint density at radius 1 is 0.881 bits per heavy atom. The molecule has 13 heteroatoms. The van der Waals surface area contributed by atoms with Crippen molar-refractivity contribution < 1.29 is 24.3 Å². The van der Waals surface area contributed by atoms with Gasteiger partial charge in [0.2, 0.25) is 23.6 Å². The van der Waals surface area contributed by atoms with Gasteiger partial charge in [0.15, 0.2) is 5.96 Å². The Hall–Kier alpha value is -4.65. The van der Waals surface area contributed by atoms with Gasteiger partial charge in [-0.3, -0.25) is 24.2 Å². The number of aromatic hydroxyl groups is 1. The number of carbonyl (C=O) groups is 4. The molecule has 12 N–H and O–H groups in total. The van der Waals surface area contributed by atoms with Gasteiger partial charge in [0.05, 0.1) is 6.04 Å². The lowest BCUT2D eigenvalue weighted by atomic mass is 9.95. The summed E-state index contributed by atoms with van der Waals surface area (Å²) < 4.78 is 0. The Labute approximate surface area is 245 Å². The molecule has 2 aromatic carbocycles. The van der Waals surface area contributed by atoms with Crippen LogP contribution >= 0.6 is 0 Å². The molecule has 4 amide bonds. The van der Waals surface area contributed by atoms with E-state index in [4.69, 9.17) is 22.9 Å². The van der Waals surface area contributed by atoms with Crippen molar-refractivity contribution in [2.45, 2.75) is 64.1 Å². The number of guanidine groups is 1. The van der Waals surface area contributed by atoms with Gasteiger partial charge in [-0.2, -0.15) is 0 Å². The maximum atomic E-state index is 13.5. The normalized spacial score (nSPS) is 12.8. The van der Waals surface area contributed by atoms with E-state index in [0.29, 0.717) is 6.42 Å². The standard InChI is InChI=1S/C29H42N8O5/c1-17-13-20(38)14-18(2)21(17)16-22(30)26(40)36-23(9-6-11-35-29(32)33)28(42)37-24(15-19-7-4-3-5-8-19)27(41)34-12-10-25(31)39/h3-5,7-8,13-14,22-24,38H,6,9-12,15-16,30H2,1-2H3,(H2,31,39)(H,34,41)(H,36,40)(H,37,42)(H4,32,33,35)/t22-,23-,24+/m0/s1. The van der Waals surface area contributed by atoms with E-state index in [1.165, 1.54) is 0 Å². The Morgan fingerprint density at radius 2 is 1.50 bits per heavy atom. The number of rotatable bonds is 16. The summed E-state index contributed by atoms with van der Waals surface area (Å²) >= 11 is 0. The first-order valence-electron chi connectivity index (χ1n) is 13.7. The van der Waals surface area contributed by atoms with Gasteiger partial charge in [-0.05, 0) is 67.5 Å². The SMILES string of the molecule is Cc1cc(O)cc(C)c1C[C@H](N)C(=O)N[C@@H](CCCN=C(N)N)C(=O)N[C@H](Cc1ccccc1)C(=O)NCCC(N)=O. The monoisotopic (exact) mass is 582 g/mol. The van der Waals surface area contributed by atoms with E-state index in [1.54, 1.807) is 12.1 Å². The van der Waals surface area contributed by atoms with Crippen LogP contribution in [-0.2, 0) is 32.0 Å². The van der Waals surface area contributed by atoms with Crippen molar-refractivity contribution >= 4 is 29.6 Å². The molecule has 0 aromatic heterocycles. The fourth-order valence-corrected chi connectivity index (χ4v) is 4.42. The second-order valence-corrected chi connectivity index (χ2v) is 10.1. The number of hydrogen-bond donors (Lipinski definition) is 8. The third-order valence-electron chi connectivity index (χ3n) is 6.61. The second kappa shape index (κ2) is 16.6. The molecule has 0 saturated carbocycles. The quantitative estimate of drug-likeness (QED) is 0.0701. The van der Waals surface area contributed by atoms with Gasteiger partial charge >= 0.3 is 0 Å². The number of phenolic OH excluding ortho intramolecular Hbond substituents is 1. The fraction of sp³-hybridized carbons (Fsp3) is 0.414. The van der Waals surface area contributed by atoms with Gasteiger partial charge in [-0.1, -0.05) is 30.3 Å². The molecule has 0 aliphatic carbocycles. The molecule has 0 aliphatic rings. The van der Waals surface area contributed by atoms with E-state index < -0.39 is 41.8 Å². The smallest absolute Gasteiger partial charge is 0.243 e. The number of nitrogens with zero attached hydrogens (tertiary/aromatic N) is 1. The average molecular weight is 583 g/mol. The van der Waals surface area contributed by atoms with Gasteiger partial charge in [0.25, 0.3) is 0 Å². The van der Waals surface area contributed by atoms with Crippen molar-refractivity contribution in [1.29, 1.82) is 0 Å². The molecule has 0 spiro atoms. The summed E-state index contributed by atoms with van der Waals surface area (Å²) in [5, 5.41) is 17.9. The molecule has 2 rings (SSSR count). The molecule has 2 aromatic rings. The van der Waals surface area contributed by atoms with Gasteiger partial charge in [-0.15, -0.1) is 0 Å². The molecule has 0 saturated heterocycles. The number of hydrogen-bond acceptors (Lipinski definition) is 7. The summed E-state index contributed by atoms with van der Waals surface area (Å²) in [6.07, 6.45) is 0.822. The van der Waals surface area contributed by atoms with Crippen LogP contribution in [0.1, 0.15) is 41.5 Å². The van der Waals surface area contributed by atoms with Crippen molar-refractivity contribution in [3.8, 4) is 5.75 Å². The zero-order chi connectivity index (χ0) is 31.2. The number of aliphatic imine (C=N–C) groups is 1. The van der Waals surface area contributed by atoms with Crippen LogP contribution in [0.5, 0.6) is 5.75 Å². The van der Waals surface area contributed by atoms with Crippen LogP contribution in [0.15, 0.2) is 47.5 Å². The molecule has 0 bridgehead atoms. The third-order valence-corrected chi connectivity index (χ3v) is 6.61. The van der Waals surface area contributed by atoms with Crippen LogP contribution in [0.3, 0.4) is 0 Å². The maximum Gasteiger partial charge on any atom is 0.243 e. The fourth-order valence-electron chi connectivity index (χ4n) is 4.42. The first-order valence-corrected chi connectivity index (χ1v) is 13.7. The minimum atomic E-state index is -1.04. The highest BCUT2D eigenvalue weighted by atomic mass is 16.3. The van der Waals surface area contributed by atoms with E-state index in [0.717, 1.165) is 22.3 Å². The highest BCUT2D eigenvalue weighted by Crippen LogP contribution is 2.22. The van der Waals surface area contributed by atoms with Gasteiger partial charge in [-0.25, -0.2) is 0 Å². The average Bonchev–Trinajstić information content (AvgIpc) is 2.91. The van der Waals surface area contributed by atoms with Crippen molar-refractivity contribution in [1.82, 2.24) is 16.0 Å². The number of phenols is 1. The van der Waals surface area contributed by atoms with Crippen LogP contribution in [-0.4, -0.2) is 65.9 Å². The number of benzene rings is 2. The minimum absolute atomic E-state index is 0.0129. The number of primary amides is 1. The largest absolute Gasteiger partial charge is 0.508 e. The van der Waals surface area contributed by atoms with E-state index in [2.05, 4.69) is 20.9 Å². The summed E-state index contributed by atoms with van der Waals surface area (Å²) in [6.45, 7) is 3.86. The molecular formula is C29H42N8O5. The molecule has 228 valence electrons. The predicted molar refractivity (Wildman–Crippen MR) is 160 cm³/mol. The Morgan fingerprint density at radius 3 is 2.10 bits per heavy atom. The zero-order valence-corrected chi connectivity index (χ0v) is 24.1. The molecule has 0 unspecified atom stereocenters. The lowest BCUT2D eigenvalue weighted by molar-refractivity contribution is -0.132. The molecule has 0 heterocycles. The van der Waals surface area contributed by atoms with Crippen LogP contribution < -0.4 is 38.9 Å². The van der Waals surface area contributed by atoms with Crippen LogP contribution in [0.4, 0.5) is 0 Å². The van der Waals surface area contributed by atoms with Crippen molar-refractivity contribution in [3.63, 3.8) is 0 Å². The number of nitrogens with two attached hydrogens (primary N) is 4. The third kappa shape index (κ3) is 11.5. The number of aryl methyl sites for hydroxylation is 2. The Balaban J connectivity index is 2.21. The molecule has 13 nitrogen and oxygen atoms in total. The lowest BCUT2D eigenvalue weighted by Gasteiger charge is -2.24. The maximum absolute atomic E-state index is 13.5. The van der Waals surface area contributed by atoms with E-state index in [-0.39, 0.29) is 50.5 Å². The Bertz CT molecular complexity index is 1240. The first kappa shape index (κ1) is 33.6. The predicted octanol–water partition coefficient (Wildman–Crippen LogP) is -0.864. The lowest BCUT2D eigenvalue weighted by Crippen LogP contribution is -2.56. The molecule has 3 atom stereocenters. The summed E-state index contributed by atoms with van der Waals surface area (Å²) in [4.78, 5) is 54.7. The molecule has 0 aliphatic heterocycles. The van der Waals surface area contributed by atoms with Gasteiger partial charge in [0.1, 0.15) is 17.8 Å². The van der Waals surface area contributed by atoms with E-state index in [1.807, 2.05) is 44.2 Å².